The van der Waals surface area contributed by atoms with Crippen LogP contribution in [0, 0.1) is 11.8 Å². The third-order valence-electron chi connectivity index (χ3n) is 4.22. The molecule has 0 bridgehead atoms. The van der Waals surface area contributed by atoms with Crippen molar-refractivity contribution in [3.05, 3.63) is 12.2 Å². The van der Waals surface area contributed by atoms with Crippen LogP contribution in [0.1, 0.15) is 32.1 Å². The minimum absolute atomic E-state index is 0.0153. The number of nitrogens with zero attached hydrogens (tertiary/aromatic N) is 1. The first kappa shape index (κ1) is 15.4. The average Bonchev–Trinajstić information content (AvgIpc) is 2.90. The Morgan fingerprint density at radius 1 is 1.30 bits per heavy atom. The number of likely N-dealkylation sites (tertiary alicyclic amines) is 1. The molecule has 1 aliphatic carbocycles. The number of rotatable bonds is 3. The maximum Gasteiger partial charge on any atom is 0.414 e. The number of allylic oxidation sites excluding steroid dienone is 2. The first-order chi connectivity index (χ1) is 9.38. The van der Waals surface area contributed by atoms with Crippen molar-refractivity contribution in [1.29, 1.82) is 0 Å². The zero-order valence-corrected chi connectivity index (χ0v) is 11.3. The van der Waals surface area contributed by atoms with Crippen molar-refractivity contribution in [3.63, 3.8) is 0 Å². The minimum Gasteiger partial charge on any atom is -0.383 e. The zero-order valence-electron chi connectivity index (χ0n) is 11.3. The van der Waals surface area contributed by atoms with Gasteiger partial charge in [0, 0.05) is 19.5 Å². The van der Waals surface area contributed by atoms with Gasteiger partial charge in [-0.05, 0) is 37.5 Å². The van der Waals surface area contributed by atoms with Crippen LogP contribution in [0.5, 0.6) is 0 Å². The fraction of sp³-hybridized carbons (Fsp3) is 0.786. The number of hydrogen-bond acceptors (Lipinski definition) is 2. The number of halogens is 3. The van der Waals surface area contributed by atoms with E-state index in [-0.39, 0.29) is 24.7 Å². The Balaban J connectivity index is 1.78. The third kappa shape index (κ3) is 3.75. The van der Waals surface area contributed by atoms with E-state index >= 15 is 0 Å². The summed E-state index contributed by atoms with van der Waals surface area (Å²) in [5.74, 6) is -0.493. The molecule has 0 saturated carbocycles. The Hall–Kier alpha value is -1.04. The average molecular weight is 291 g/mol. The normalized spacial score (nSPS) is 26.0. The maximum absolute atomic E-state index is 12.4. The molecule has 1 saturated heterocycles. The fourth-order valence-electron chi connectivity index (χ4n) is 2.95. The molecule has 1 heterocycles. The number of aliphatic hydroxyl groups is 1. The molecule has 1 N–H and O–H groups in total. The van der Waals surface area contributed by atoms with Crippen molar-refractivity contribution in [2.75, 3.05) is 13.1 Å². The van der Waals surface area contributed by atoms with E-state index in [4.69, 9.17) is 0 Å². The highest BCUT2D eigenvalue weighted by Gasteiger charge is 2.44. The lowest BCUT2D eigenvalue weighted by Crippen LogP contribution is -2.45. The molecular formula is C14H20F3NO2. The minimum atomic E-state index is -4.56. The summed E-state index contributed by atoms with van der Waals surface area (Å²) in [7, 11) is 0. The lowest BCUT2D eigenvalue weighted by Gasteiger charge is -2.35. The summed E-state index contributed by atoms with van der Waals surface area (Å²) < 4.78 is 37.3. The van der Waals surface area contributed by atoms with Gasteiger partial charge < -0.3 is 10.0 Å². The number of aliphatic hydroxyl groups excluding tert-OH is 1. The van der Waals surface area contributed by atoms with Gasteiger partial charge in [0.05, 0.1) is 0 Å². The Kier molecular flexibility index (Phi) is 4.73. The van der Waals surface area contributed by atoms with E-state index in [1.165, 1.54) is 0 Å². The molecule has 0 spiro atoms. The molecule has 2 atom stereocenters. The quantitative estimate of drug-likeness (QED) is 0.812. The van der Waals surface area contributed by atoms with Crippen LogP contribution in [0.4, 0.5) is 13.2 Å². The van der Waals surface area contributed by atoms with E-state index in [1.54, 1.807) is 4.90 Å². The number of amides is 1. The highest BCUT2D eigenvalue weighted by Crippen LogP contribution is 2.32. The molecule has 1 aliphatic heterocycles. The van der Waals surface area contributed by atoms with Crippen LogP contribution >= 0.6 is 0 Å². The van der Waals surface area contributed by atoms with Gasteiger partial charge >= 0.3 is 6.18 Å². The summed E-state index contributed by atoms with van der Waals surface area (Å²) in [4.78, 5) is 13.7. The van der Waals surface area contributed by atoms with Gasteiger partial charge in [-0.2, -0.15) is 13.2 Å². The fourth-order valence-corrected chi connectivity index (χ4v) is 2.95. The second-order valence-electron chi connectivity index (χ2n) is 5.67. The van der Waals surface area contributed by atoms with E-state index in [1.807, 2.05) is 6.08 Å². The van der Waals surface area contributed by atoms with E-state index in [0.29, 0.717) is 19.5 Å². The van der Waals surface area contributed by atoms with E-state index in [9.17, 15) is 23.1 Å². The van der Waals surface area contributed by atoms with Crippen molar-refractivity contribution in [2.24, 2.45) is 11.8 Å². The van der Waals surface area contributed by atoms with Crippen molar-refractivity contribution in [1.82, 2.24) is 4.90 Å². The summed E-state index contributed by atoms with van der Waals surface area (Å²) >= 11 is 0. The molecule has 1 amide bonds. The van der Waals surface area contributed by atoms with Gasteiger partial charge in [0.2, 0.25) is 5.91 Å². The van der Waals surface area contributed by atoms with Gasteiger partial charge in [0.25, 0.3) is 0 Å². The Morgan fingerprint density at radius 2 is 1.95 bits per heavy atom. The summed E-state index contributed by atoms with van der Waals surface area (Å²) in [6.45, 7) is 0.625. The number of carbonyl (C=O) groups is 1. The summed E-state index contributed by atoms with van der Waals surface area (Å²) in [5, 5.41) is 9.23. The van der Waals surface area contributed by atoms with Gasteiger partial charge in [0.1, 0.15) is 0 Å². The highest BCUT2D eigenvalue weighted by atomic mass is 19.4. The Bertz CT molecular complexity index is 373. The van der Waals surface area contributed by atoms with E-state index in [2.05, 4.69) is 6.08 Å². The smallest absolute Gasteiger partial charge is 0.383 e. The van der Waals surface area contributed by atoms with Crippen LogP contribution in [0.2, 0.25) is 0 Å². The maximum atomic E-state index is 12.4. The standard InChI is InChI=1S/C14H20F3NO2/c15-14(16,17)13(20)11-5-7-18(8-6-11)12(19)9-10-3-1-2-4-10/h1,3,10-11,13,20H,2,4-9H2. The lowest BCUT2D eigenvalue weighted by atomic mass is 9.90. The van der Waals surface area contributed by atoms with Crippen molar-refractivity contribution in [3.8, 4) is 0 Å². The second-order valence-corrected chi connectivity index (χ2v) is 5.67. The summed E-state index contributed by atoms with van der Waals surface area (Å²) in [6, 6.07) is 0. The number of piperidine rings is 1. The molecule has 3 nitrogen and oxygen atoms in total. The molecule has 2 unspecified atom stereocenters. The Labute approximate surface area is 116 Å². The van der Waals surface area contributed by atoms with Gasteiger partial charge in [-0.3, -0.25) is 4.79 Å². The number of carbonyl (C=O) groups excluding carboxylic acids is 1. The van der Waals surface area contributed by atoms with E-state index in [0.717, 1.165) is 12.8 Å². The van der Waals surface area contributed by atoms with Crippen LogP contribution < -0.4 is 0 Å². The monoisotopic (exact) mass is 291 g/mol. The number of alkyl halides is 3. The summed E-state index contributed by atoms with van der Waals surface area (Å²) in [6.07, 6.45) is 0.126. The predicted octanol–water partition coefficient (Wildman–Crippen LogP) is 2.50. The van der Waals surface area contributed by atoms with Crippen LogP contribution in [-0.4, -0.2) is 41.3 Å². The summed E-state index contributed by atoms with van der Waals surface area (Å²) in [5.41, 5.74) is 0. The first-order valence-corrected chi connectivity index (χ1v) is 7.07. The highest BCUT2D eigenvalue weighted by molar-refractivity contribution is 5.76. The molecule has 20 heavy (non-hydrogen) atoms. The topological polar surface area (TPSA) is 40.5 Å². The zero-order chi connectivity index (χ0) is 14.8. The molecule has 0 aromatic carbocycles. The van der Waals surface area contributed by atoms with Crippen molar-refractivity contribution in [2.45, 2.75) is 44.4 Å². The van der Waals surface area contributed by atoms with Crippen LogP contribution in [0.25, 0.3) is 0 Å². The Morgan fingerprint density at radius 3 is 2.45 bits per heavy atom. The van der Waals surface area contributed by atoms with Gasteiger partial charge in [0.15, 0.2) is 6.10 Å². The third-order valence-corrected chi connectivity index (χ3v) is 4.22. The van der Waals surface area contributed by atoms with Crippen molar-refractivity contribution < 1.29 is 23.1 Å². The lowest BCUT2D eigenvalue weighted by molar-refractivity contribution is -0.222. The molecule has 0 aromatic heterocycles. The molecule has 0 radical (unpaired) electrons. The number of hydrogen-bond donors (Lipinski definition) is 1. The van der Waals surface area contributed by atoms with Gasteiger partial charge in [-0.25, -0.2) is 0 Å². The second kappa shape index (κ2) is 6.16. The van der Waals surface area contributed by atoms with Crippen LogP contribution in [0.15, 0.2) is 12.2 Å². The van der Waals surface area contributed by atoms with E-state index < -0.39 is 18.2 Å². The SMILES string of the molecule is O=C(CC1C=CCC1)N1CCC(C(O)C(F)(F)F)CC1. The molecular weight excluding hydrogens is 271 g/mol. The van der Waals surface area contributed by atoms with Crippen molar-refractivity contribution >= 4 is 5.91 Å². The van der Waals surface area contributed by atoms with Crippen LogP contribution in [-0.2, 0) is 4.79 Å². The molecule has 6 heteroatoms. The molecule has 1 fully saturated rings. The van der Waals surface area contributed by atoms with Gasteiger partial charge in [-0.15, -0.1) is 0 Å². The van der Waals surface area contributed by atoms with Crippen LogP contribution in [0.3, 0.4) is 0 Å². The molecule has 2 aliphatic rings. The molecule has 0 aromatic rings. The predicted molar refractivity (Wildman–Crippen MR) is 67.8 cm³/mol. The van der Waals surface area contributed by atoms with Gasteiger partial charge in [-0.1, -0.05) is 12.2 Å². The largest absolute Gasteiger partial charge is 0.414 e. The molecule has 114 valence electrons. The first-order valence-electron chi connectivity index (χ1n) is 7.07. The molecule has 2 rings (SSSR count).